The summed E-state index contributed by atoms with van der Waals surface area (Å²) in [6, 6.07) is 9.84. The van der Waals surface area contributed by atoms with Crippen LogP contribution in [0.15, 0.2) is 36.4 Å². The minimum atomic E-state index is -3.67. The highest BCUT2D eigenvalue weighted by Crippen LogP contribution is 2.23. The molecule has 0 bridgehead atoms. The number of halogens is 2. The van der Waals surface area contributed by atoms with Gasteiger partial charge in [-0.2, -0.15) is 0 Å². The predicted octanol–water partition coefficient (Wildman–Crippen LogP) is 3.65. The third-order valence-electron chi connectivity index (χ3n) is 4.13. The molecule has 1 N–H and O–H groups in total. The van der Waals surface area contributed by atoms with E-state index >= 15 is 0 Å². The smallest absolute Gasteiger partial charge is 0.264 e. The molecule has 28 heavy (non-hydrogen) atoms. The van der Waals surface area contributed by atoms with Crippen molar-refractivity contribution in [3.63, 3.8) is 0 Å². The molecule has 2 aromatic carbocycles. The third-order valence-corrected chi connectivity index (χ3v) is 6.04. The molecule has 7 nitrogen and oxygen atoms in total. The van der Waals surface area contributed by atoms with E-state index in [1.165, 1.54) is 6.07 Å². The van der Waals surface area contributed by atoms with Crippen LogP contribution in [-0.4, -0.2) is 35.1 Å². The van der Waals surface area contributed by atoms with Gasteiger partial charge in [-0.05, 0) is 42.3 Å². The van der Waals surface area contributed by atoms with Crippen molar-refractivity contribution in [2.75, 3.05) is 5.75 Å². The van der Waals surface area contributed by atoms with Crippen molar-refractivity contribution in [1.82, 2.24) is 19.7 Å². The highest BCUT2D eigenvalue weighted by atomic mass is 35.5. The Morgan fingerprint density at radius 3 is 2.68 bits per heavy atom. The van der Waals surface area contributed by atoms with Crippen LogP contribution in [-0.2, 0) is 16.6 Å². The van der Waals surface area contributed by atoms with E-state index in [0.717, 1.165) is 12.0 Å². The van der Waals surface area contributed by atoms with Crippen LogP contribution in [0.5, 0.6) is 0 Å². The summed E-state index contributed by atoms with van der Waals surface area (Å²) >= 11 is 12.1. The Hall–Kier alpha value is -2.16. The number of benzene rings is 2. The fraction of sp³-hybridized carbons (Fsp3) is 0.278. The van der Waals surface area contributed by atoms with Crippen molar-refractivity contribution in [3.8, 4) is 0 Å². The number of nitrogens with one attached hydrogen (secondary N) is 1. The van der Waals surface area contributed by atoms with Crippen molar-refractivity contribution >= 4 is 50.2 Å². The number of carbonyl (C=O) groups excluding carboxylic acids is 1. The number of fused-ring (bicyclic) bond motifs is 1. The highest BCUT2D eigenvalue weighted by molar-refractivity contribution is 7.90. The van der Waals surface area contributed by atoms with Gasteiger partial charge in [-0.3, -0.25) is 4.79 Å². The summed E-state index contributed by atoms with van der Waals surface area (Å²) in [4.78, 5) is 12.4. The number of hydrogen-bond donors (Lipinski definition) is 1. The first-order valence-corrected chi connectivity index (χ1v) is 11.0. The molecule has 0 aliphatic carbocycles. The molecule has 0 atom stereocenters. The number of amides is 1. The summed E-state index contributed by atoms with van der Waals surface area (Å²) in [5, 5.41) is 9.19. The number of aromatic nitrogens is 3. The molecule has 0 spiro atoms. The number of sulfonamides is 1. The molecule has 0 saturated heterocycles. The van der Waals surface area contributed by atoms with Gasteiger partial charge in [-0.1, -0.05) is 47.8 Å². The summed E-state index contributed by atoms with van der Waals surface area (Å²) in [5.74, 6) is -0.776. The van der Waals surface area contributed by atoms with E-state index in [-0.39, 0.29) is 11.3 Å². The first-order valence-electron chi connectivity index (χ1n) is 8.61. The molecule has 0 fully saturated rings. The van der Waals surface area contributed by atoms with Crippen molar-refractivity contribution in [2.45, 2.75) is 26.3 Å². The first-order chi connectivity index (χ1) is 13.3. The van der Waals surface area contributed by atoms with E-state index < -0.39 is 15.9 Å². The molecule has 1 amide bonds. The summed E-state index contributed by atoms with van der Waals surface area (Å²) in [5.41, 5.74) is 2.16. The lowest BCUT2D eigenvalue weighted by Crippen LogP contribution is -2.32. The van der Waals surface area contributed by atoms with Crippen LogP contribution in [0.4, 0.5) is 0 Å². The zero-order chi connectivity index (χ0) is 20.3. The Labute approximate surface area is 172 Å². The lowest BCUT2D eigenvalue weighted by molar-refractivity contribution is 0.0981. The van der Waals surface area contributed by atoms with E-state index in [1.807, 2.05) is 6.92 Å². The summed E-state index contributed by atoms with van der Waals surface area (Å²) in [6.45, 7) is 2.21. The Balaban J connectivity index is 1.87. The van der Waals surface area contributed by atoms with Crippen molar-refractivity contribution in [3.05, 3.63) is 57.6 Å². The van der Waals surface area contributed by atoms with Gasteiger partial charge >= 0.3 is 0 Å². The Kier molecular flexibility index (Phi) is 6.22. The fourth-order valence-electron chi connectivity index (χ4n) is 2.62. The van der Waals surface area contributed by atoms with Crippen molar-refractivity contribution in [2.24, 2.45) is 0 Å². The Bertz CT molecular complexity index is 1130. The van der Waals surface area contributed by atoms with E-state index in [4.69, 9.17) is 23.2 Å². The number of unbranched alkanes of at least 4 members (excludes halogenated alkanes) is 1. The maximum atomic E-state index is 12.4. The first kappa shape index (κ1) is 20.6. The second-order valence-electron chi connectivity index (χ2n) is 6.29. The lowest BCUT2D eigenvalue weighted by Gasteiger charge is -2.08. The molecule has 3 rings (SSSR count). The number of hydrogen-bond acceptors (Lipinski definition) is 5. The maximum Gasteiger partial charge on any atom is 0.264 e. The zero-order valence-corrected chi connectivity index (χ0v) is 17.4. The highest BCUT2D eigenvalue weighted by Gasteiger charge is 2.17. The normalized spacial score (nSPS) is 11.7. The molecule has 0 unspecified atom stereocenters. The third kappa shape index (κ3) is 4.81. The van der Waals surface area contributed by atoms with Crippen LogP contribution in [0.25, 0.3) is 11.0 Å². The summed E-state index contributed by atoms with van der Waals surface area (Å²) in [7, 11) is -3.67. The van der Waals surface area contributed by atoms with Gasteiger partial charge in [0.2, 0.25) is 10.0 Å². The van der Waals surface area contributed by atoms with Crippen molar-refractivity contribution < 1.29 is 13.2 Å². The Morgan fingerprint density at radius 1 is 1.18 bits per heavy atom. The van der Waals surface area contributed by atoms with Crippen LogP contribution in [0.1, 0.15) is 35.7 Å². The lowest BCUT2D eigenvalue weighted by atomic mass is 10.2. The number of carbonyl (C=O) groups is 1. The molecule has 0 radical (unpaired) electrons. The van der Waals surface area contributed by atoms with Gasteiger partial charge in [0.15, 0.2) is 0 Å². The molecule has 1 aromatic heterocycles. The summed E-state index contributed by atoms with van der Waals surface area (Å²) < 4.78 is 27.6. The maximum absolute atomic E-state index is 12.4. The van der Waals surface area contributed by atoms with Gasteiger partial charge in [0.05, 0.1) is 17.8 Å². The molecule has 3 aromatic rings. The Morgan fingerprint density at radius 2 is 1.96 bits per heavy atom. The monoisotopic (exact) mass is 440 g/mol. The van der Waals surface area contributed by atoms with Crippen LogP contribution in [0.2, 0.25) is 10.0 Å². The molecule has 0 aliphatic heterocycles. The molecule has 1 heterocycles. The molecule has 0 aliphatic rings. The molecular weight excluding hydrogens is 423 g/mol. The van der Waals surface area contributed by atoms with E-state index in [0.29, 0.717) is 34.0 Å². The van der Waals surface area contributed by atoms with Crippen LogP contribution in [0, 0.1) is 0 Å². The SMILES string of the molecule is CCCCS(=O)(=O)NC(=O)c1ccc2nnn(Cc3ccc(Cl)cc3Cl)c2c1. The quantitative estimate of drug-likeness (QED) is 0.604. The number of rotatable bonds is 7. The van der Waals surface area contributed by atoms with Gasteiger partial charge in [0.1, 0.15) is 5.52 Å². The van der Waals surface area contributed by atoms with E-state index in [9.17, 15) is 13.2 Å². The average molecular weight is 441 g/mol. The minimum Gasteiger partial charge on any atom is -0.268 e. The number of nitrogens with zero attached hydrogens (tertiary/aromatic N) is 3. The fourth-order valence-corrected chi connectivity index (χ4v) is 4.26. The molecule has 148 valence electrons. The molecule has 0 saturated carbocycles. The van der Waals surface area contributed by atoms with Gasteiger partial charge in [0.25, 0.3) is 5.91 Å². The van der Waals surface area contributed by atoms with Gasteiger partial charge in [-0.15, -0.1) is 5.10 Å². The predicted molar refractivity (Wildman–Crippen MR) is 109 cm³/mol. The van der Waals surface area contributed by atoms with Gasteiger partial charge in [-0.25, -0.2) is 17.8 Å². The summed E-state index contributed by atoms with van der Waals surface area (Å²) in [6.07, 6.45) is 1.21. The largest absolute Gasteiger partial charge is 0.268 e. The average Bonchev–Trinajstić information content (AvgIpc) is 3.04. The second-order valence-corrected chi connectivity index (χ2v) is 8.98. The van der Waals surface area contributed by atoms with Crippen LogP contribution in [0.3, 0.4) is 0 Å². The molecule has 10 heteroatoms. The van der Waals surface area contributed by atoms with E-state index in [2.05, 4.69) is 15.0 Å². The topological polar surface area (TPSA) is 93.9 Å². The standard InChI is InChI=1S/C18H18Cl2N4O3S/c1-2-3-8-28(26,27)22-18(25)12-5-7-16-17(9-12)24(23-21-16)11-13-4-6-14(19)10-15(13)20/h4-7,9-10H,2-3,8,11H2,1H3,(H,22,25). The second kappa shape index (κ2) is 8.46. The zero-order valence-electron chi connectivity index (χ0n) is 15.0. The molecular formula is C18H18Cl2N4O3S. The van der Waals surface area contributed by atoms with Gasteiger partial charge < -0.3 is 0 Å². The van der Waals surface area contributed by atoms with Gasteiger partial charge in [0, 0.05) is 15.6 Å². The minimum absolute atomic E-state index is 0.0912. The van der Waals surface area contributed by atoms with E-state index in [1.54, 1.807) is 35.0 Å². The van der Waals surface area contributed by atoms with Crippen molar-refractivity contribution in [1.29, 1.82) is 0 Å². The van der Waals surface area contributed by atoms with Crippen LogP contribution < -0.4 is 4.72 Å². The van der Waals surface area contributed by atoms with Crippen LogP contribution >= 0.6 is 23.2 Å².